The van der Waals surface area contributed by atoms with E-state index in [2.05, 4.69) is 24.8 Å². The number of alkyl halides is 2. The summed E-state index contributed by atoms with van der Waals surface area (Å²) in [6, 6.07) is 1.64. The van der Waals surface area contributed by atoms with Gasteiger partial charge in [-0.05, 0) is 32.8 Å². The fraction of sp³-hybridized carbons (Fsp3) is 0.526. The maximum atomic E-state index is 13.2. The Morgan fingerprint density at radius 3 is 2.78 bits per heavy atom. The molecule has 4 heterocycles. The summed E-state index contributed by atoms with van der Waals surface area (Å²) in [6.45, 7) is 5.50. The maximum Gasteiger partial charge on any atom is 0.291 e. The number of nitrogens with one attached hydrogen (secondary N) is 1. The van der Waals surface area contributed by atoms with Crippen LogP contribution >= 0.6 is 11.3 Å². The largest absolute Gasteiger partial charge is 0.375 e. The van der Waals surface area contributed by atoms with Gasteiger partial charge in [-0.15, -0.1) is 10.2 Å². The SMILES string of the molecule is CC1CN(c2cc(S(=O)(=O)NC3(C)CC3)cn3c(-c4nnc(C(F)F)s4)ncc23)CCO1. The minimum absolute atomic E-state index is 0.0216. The monoisotopic (exact) mass is 484 g/mol. The molecule has 5 rings (SSSR count). The quantitative estimate of drug-likeness (QED) is 0.574. The van der Waals surface area contributed by atoms with E-state index in [4.69, 9.17) is 4.74 Å². The molecule has 172 valence electrons. The number of nitrogens with zero attached hydrogens (tertiary/aromatic N) is 5. The lowest BCUT2D eigenvalue weighted by Gasteiger charge is -2.33. The Labute approximate surface area is 187 Å². The van der Waals surface area contributed by atoms with Gasteiger partial charge in [-0.25, -0.2) is 26.9 Å². The molecule has 9 nitrogen and oxygen atoms in total. The molecule has 0 spiro atoms. The Bertz CT molecular complexity index is 1270. The van der Waals surface area contributed by atoms with Gasteiger partial charge in [0.05, 0.1) is 30.1 Å². The Hall–Kier alpha value is -2.22. The Kier molecular flexibility index (Phi) is 5.19. The zero-order valence-electron chi connectivity index (χ0n) is 17.5. The highest BCUT2D eigenvalue weighted by Crippen LogP contribution is 2.37. The summed E-state index contributed by atoms with van der Waals surface area (Å²) in [5.74, 6) is 0.265. The first-order valence-corrected chi connectivity index (χ1v) is 12.5. The van der Waals surface area contributed by atoms with E-state index in [1.165, 1.54) is 6.20 Å². The van der Waals surface area contributed by atoms with Crippen LogP contribution in [0, 0.1) is 0 Å². The van der Waals surface area contributed by atoms with E-state index < -0.39 is 27.0 Å². The number of rotatable bonds is 6. The van der Waals surface area contributed by atoms with Crippen LogP contribution in [0.25, 0.3) is 16.3 Å². The van der Waals surface area contributed by atoms with Crippen molar-refractivity contribution >= 4 is 32.6 Å². The van der Waals surface area contributed by atoms with Crippen LogP contribution in [0.1, 0.15) is 38.1 Å². The first-order valence-electron chi connectivity index (χ1n) is 10.2. The van der Waals surface area contributed by atoms with Gasteiger partial charge in [-0.3, -0.25) is 4.40 Å². The first kappa shape index (κ1) is 21.6. The molecule has 0 amide bonds. The van der Waals surface area contributed by atoms with Crippen LogP contribution in [0.3, 0.4) is 0 Å². The number of fused-ring (bicyclic) bond motifs is 1. The number of hydrogen-bond acceptors (Lipinski definition) is 8. The number of ether oxygens (including phenoxy) is 1. The van der Waals surface area contributed by atoms with Crippen LogP contribution in [0.4, 0.5) is 14.5 Å². The number of anilines is 1. The standard InChI is InChI=1S/C19H22F2N6O3S2/c1-11-9-26(5-6-30-11)13-7-12(32(28,29)25-19(2)3-4-19)10-27-14(13)8-22-16(27)18-24-23-17(31-18)15(20)21/h7-8,10-11,15,25H,3-6,9H2,1-2H3. The Morgan fingerprint density at radius 2 is 2.12 bits per heavy atom. The second-order valence-electron chi connectivity index (χ2n) is 8.44. The van der Waals surface area contributed by atoms with Gasteiger partial charge in [0.2, 0.25) is 10.0 Å². The van der Waals surface area contributed by atoms with Crippen LogP contribution in [0.2, 0.25) is 0 Å². The number of aromatic nitrogens is 4. The smallest absolute Gasteiger partial charge is 0.291 e. The van der Waals surface area contributed by atoms with Gasteiger partial charge < -0.3 is 9.64 Å². The zero-order chi connectivity index (χ0) is 22.7. The molecule has 2 fully saturated rings. The number of imidazole rings is 1. The lowest BCUT2D eigenvalue weighted by Crippen LogP contribution is -2.41. The second-order valence-corrected chi connectivity index (χ2v) is 11.1. The molecule has 3 aromatic rings. The van der Waals surface area contributed by atoms with Crippen molar-refractivity contribution in [2.45, 2.75) is 49.7 Å². The summed E-state index contributed by atoms with van der Waals surface area (Å²) in [4.78, 5) is 6.50. The summed E-state index contributed by atoms with van der Waals surface area (Å²) >= 11 is 0.735. The van der Waals surface area contributed by atoms with Gasteiger partial charge in [0.25, 0.3) is 6.43 Å². The summed E-state index contributed by atoms with van der Waals surface area (Å²) < 4.78 is 62.4. The van der Waals surface area contributed by atoms with Crippen molar-refractivity contribution in [3.05, 3.63) is 23.5 Å². The lowest BCUT2D eigenvalue weighted by atomic mass is 10.2. The highest BCUT2D eigenvalue weighted by atomic mass is 32.2. The summed E-state index contributed by atoms with van der Waals surface area (Å²) in [5, 5.41) is 7.17. The van der Waals surface area contributed by atoms with Crippen LogP contribution in [-0.2, 0) is 14.8 Å². The second kappa shape index (κ2) is 7.68. The van der Waals surface area contributed by atoms with Crippen LogP contribution < -0.4 is 9.62 Å². The minimum atomic E-state index is -3.82. The molecule has 32 heavy (non-hydrogen) atoms. The predicted molar refractivity (Wildman–Crippen MR) is 115 cm³/mol. The third kappa shape index (κ3) is 3.98. The van der Waals surface area contributed by atoms with Gasteiger partial charge in [0, 0.05) is 24.8 Å². The van der Waals surface area contributed by atoms with E-state index in [-0.39, 0.29) is 21.8 Å². The molecule has 0 radical (unpaired) electrons. The van der Waals surface area contributed by atoms with Gasteiger partial charge in [-0.1, -0.05) is 11.3 Å². The van der Waals surface area contributed by atoms with Crippen LogP contribution in [0.15, 0.2) is 23.4 Å². The predicted octanol–water partition coefficient (Wildman–Crippen LogP) is 2.85. The van der Waals surface area contributed by atoms with Crippen molar-refractivity contribution in [2.75, 3.05) is 24.6 Å². The number of pyridine rings is 1. The minimum Gasteiger partial charge on any atom is -0.375 e. The van der Waals surface area contributed by atoms with Crippen molar-refractivity contribution in [3.8, 4) is 10.8 Å². The molecule has 13 heteroatoms. The van der Waals surface area contributed by atoms with Gasteiger partial charge in [0.15, 0.2) is 15.8 Å². The molecule has 3 aromatic heterocycles. The van der Waals surface area contributed by atoms with Gasteiger partial charge >= 0.3 is 0 Å². The highest BCUT2D eigenvalue weighted by Gasteiger charge is 2.41. The van der Waals surface area contributed by atoms with E-state index in [1.807, 2.05) is 13.8 Å². The van der Waals surface area contributed by atoms with Crippen LogP contribution in [0.5, 0.6) is 0 Å². The number of morpholine rings is 1. The van der Waals surface area contributed by atoms with Crippen molar-refractivity contribution in [1.29, 1.82) is 0 Å². The number of halogens is 2. The topological polar surface area (TPSA) is 102 Å². The fourth-order valence-corrected chi connectivity index (χ4v) is 5.91. The highest BCUT2D eigenvalue weighted by molar-refractivity contribution is 7.89. The van der Waals surface area contributed by atoms with E-state index in [0.29, 0.717) is 30.9 Å². The molecule has 1 saturated carbocycles. The Morgan fingerprint density at radius 1 is 1.34 bits per heavy atom. The average Bonchev–Trinajstić information content (AvgIpc) is 3.14. The van der Waals surface area contributed by atoms with E-state index in [1.54, 1.807) is 16.7 Å². The maximum absolute atomic E-state index is 13.2. The molecule has 0 aromatic carbocycles. The summed E-state index contributed by atoms with van der Waals surface area (Å²) in [5.41, 5.74) is 0.894. The van der Waals surface area contributed by atoms with Gasteiger partial charge in [-0.2, -0.15) is 0 Å². The molecular formula is C19H22F2N6O3S2. The van der Waals surface area contributed by atoms with Crippen molar-refractivity contribution < 1.29 is 21.9 Å². The Balaban J connectivity index is 1.66. The van der Waals surface area contributed by atoms with Gasteiger partial charge in [0.1, 0.15) is 4.90 Å². The van der Waals surface area contributed by atoms with Crippen molar-refractivity contribution in [2.24, 2.45) is 0 Å². The summed E-state index contributed by atoms with van der Waals surface area (Å²) in [7, 11) is -3.82. The first-order chi connectivity index (χ1) is 15.2. The van der Waals surface area contributed by atoms with E-state index >= 15 is 0 Å². The van der Waals surface area contributed by atoms with Crippen LogP contribution in [-0.4, -0.2) is 59.3 Å². The van der Waals surface area contributed by atoms with E-state index in [0.717, 1.165) is 24.2 Å². The molecule has 1 aliphatic heterocycles. The molecule has 1 N–H and O–H groups in total. The third-order valence-corrected chi connectivity index (χ3v) is 8.22. The average molecular weight is 485 g/mol. The normalized spacial score (nSPS) is 20.9. The molecule has 2 aliphatic rings. The van der Waals surface area contributed by atoms with E-state index in [9.17, 15) is 17.2 Å². The fourth-order valence-electron chi connectivity index (χ4n) is 3.74. The van der Waals surface area contributed by atoms with Crippen molar-refractivity contribution in [1.82, 2.24) is 24.3 Å². The number of sulfonamides is 1. The zero-order valence-corrected chi connectivity index (χ0v) is 19.1. The summed E-state index contributed by atoms with van der Waals surface area (Å²) in [6.07, 6.45) is 1.85. The molecule has 1 aliphatic carbocycles. The molecule has 1 atom stereocenters. The lowest BCUT2D eigenvalue weighted by molar-refractivity contribution is 0.0533. The third-order valence-electron chi connectivity index (χ3n) is 5.69. The molecular weight excluding hydrogens is 462 g/mol. The number of hydrogen-bond donors (Lipinski definition) is 1. The molecule has 1 saturated heterocycles. The van der Waals surface area contributed by atoms with Crippen molar-refractivity contribution in [3.63, 3.8) is 0 Å². The molecule has 1 unspecified atom stereocenters. The molecule has 0 bridgehead atoms.